The summed E-state index contributed by atoms with van der Waals surface area (Å²) in [7, 11) is -1.40. The minimum atomic E-state index is -3.97. The van der Waals surface area contributed by atoms with Crippen LogP contribution in [0.5, 0.6) is 5.75 Å². The van der Waals surface area contributed by atoms with E-state index in [0.29, 0.717) is 11.3 Å². The quantitative estimate of drug-likeness (QED) is 0.308. The number of nitro benzene ring substituents is 1. The fraction of sp³-hybridized carbons (Fsp3) is 0.364. The summed E-state index contributed by atoms with van der Waals surface area (Å²) in [5.41, 5.74) is 0.138. The molecule has 1 aliphatic rings. The van der Waals surface area contributed by atoms with Crippen LogP contribution in [-0.2, 0) is 30.9 Å². The molecule has 0 amide bonds. The molecule has 11 nitrogen and oxygen atoms in total. The molecule has 3 rings (SSSR count). The van der Waals surface area contributed by atoms with Crippen molar-refractivity contribution in [1.82, 2.24) is 4.31 Å². The molecule has 2 aromatic rings. The van der Waals surface area contributed by atoms with Crippen molar-refractivity contribution < 1.29 is 37.1 Å². The lowest BCUT2D eigenvalue weighted by atomic mass is 9.98. The van der Waals surface area contributed by atoms with Crippen LogP contribution in [0, 0.1) is 16.0 Å². The monoisotopic (exact) mass is 492 g/mol. The first-order valence-electron chi connectivity index (χ1n) is 10.3. The van der Waals surface area contributed by atoms with Gasteiger partial charge < -0.3 is 14.2 Å². The first kappa shape index (κ1) is 25.1. The molecule has 1 fully saturated rings. The summed E-state index contributed by atoms with van der Waals surface area (Å²) < 4.78 is 42.6. The van der Waals surface area contributed by atoms with Crippen LogP contribution in [0.2, 0.25) is 0 Å². The highest BCUT2D eigenvalue weighted by Gasteiger charge is 2.35. The SMILES string of the molecule is COC(=O)c1ccccc1S(=O)(=O)N1CCC(C(=O)OCc2cc([N+](=O)[O-])ccc2OC)CC1. The highest BCUT2D eigenvalue weighted by Crippen LogP contribution is 2.28. The number of nitrogens with zero attached hydrogens (tertiary/aromatic N) is 2. The largest absolute Gasteiger partial charge is 0.496 e. The van der Waals surface area contributed by atoms with E-state index in [0.717, 1.165) is 0 Å². The Labute approximate surface area is 196 Å². The minimum absolute atomic E-state index is 0.0579. The van der Waals surface area contributed by atoms with Crippen molar-refractivity contribution in [2.45, 2.75) is 24.3 Å². The van der Waals surface area contributed by atoms with Crippen LogP contribution < -0.4 is 4.74 Å². The summed E-state index contributed by atoms with van der Waals surface area (Å²) >= 11 is 0. The number of non-ortho nitro benzene ring substituents is 1. The Morgan fingerprint density at radius 1 is 1.12 bits per heavy atom. The Morgan fingerprint density at radius 3 is 2.41 bits per heavy atom. The standard InChI is InChI=1S/C22H24N2O9S/c1-31-19-8-7-17(24(27)28)13-16(19)14-33-21(25)15-9-11-23(12-10-15)34(29,30)20-6-4-3-5-18(20)22(26)32-2/h3-8,13,15H,9-12,14H2,1-2H3. The molecule has 0 unspecified atom stereocenters. The van der Waals surface area contributed by atoms with Crippen LogP contribution >= 0.6 is 0 Å². The molecule has 34 heavy (non-hydrogen) atoms. The van der Waals surface area contributed by atoms with Crippen LogP contribution in [0.4, 0.5) is 5.69 Å². The van der Waals surface area contributed by atoms with Gasteiger partial charge in [0.1, 0.15) is 12.4 Å². The lowest BCUT2D eigenvalue weighted by Crippen LogP contribution is -2.41. The molecule has 1 saturated heterocycles. The van der Waals surface area contributed by atoms with Gasteiger partial charge in [-0.2, -0.15) is 4.31 Å². The summed E-state index contributed by atoms with van der Waals surface area (Å²) in [5, 5.41) is 11.0. The fourth-order valence-corrected chi connectivity index (χ4v) is 5.35. The highest BCUT2D eigenvalue weighted by molar-refractivity contribution is 7.89. The van der Waals surface area contributed by atoms with Gasteiger partial charge in [-0.1, -0.05) is 12.1 Å². The molecule has 1 aliphatic heterocycles. The van der Waals surface area contributed by atoms with Crippen molar-refractivity contribution in [1.29, 1.82) is 0 Å². The van der Waals surface area contributed by atoms with Gasteiger partial charge >= 0.3 is 11.9 Å². The smallest absolute Gasteiger partial charge is 0.339 e. The Morgan fingerprint density at radius 2 is 1.79 bits per heavy atom. The summed E-state index contributed by atoms with van der Waals surface area (Å²) in [6, 6.07) is 9.78. The maximum atomic E-state index is 13.1. The lowest BCUT2D eigenvalue weighted by molar-refractivity contribution is -0.385. The van der Waals surface area contributed by atoms with Crippen molar-refractivity contribution in [3.8, 4) is 5.75 Å². The highest BCUT2D eigenvalue weighted by atomic mass is 32.2. The zero-order chi connectivity index (χ0) is 24.9. The third-order valence-electron chi connectivity index (χ3n) is 5.54. The van der Waals surface area contributed by atoms with Crippen molar-refractivity contribution in [3.05, 3.63) is 63.7 Å². The van der Waals surface area contributed by atoms with Gasteiger partial charge in [0.15, 0.2) is 0 Å². The van der Waals surface area contributed by atoms with Gasteiger partial charge in [-0.25, -0.2) is 13.2 Å². The van der Waals surface area contributed by atoms with Gasteiger partial charge in [0.2, 0.25) is 10.0 Å². The van der Waals surface area contributed by atoms with Gasteiger partial charge in [-0.3, -0.25) is 14.9 Å². The Hall–Kier alpha value is -3.51. The number of benzene rings is 2. The topological polar surface area (TPSA) is 142 Å². The number of ether oxygens (including phenoxy) is 3. The van der Waals surface area contributed by atoms with E-state index in [-0.39, 0.29) is 48.7 Å². The molecule has 0 aliphatic carbocycles. The molecular weight excluding hydrogens is 468 g/mol. The Balaban J connectivity index is 1.64. The van der Waals surface area contributed by atoms with Gasteiger partial charge in [-0.15, -0.1) is 0 Å². The summed E-state index contributed by atoms with van der Waals surface area (Å²) in [5.74, 6) is -1.47. The zero-order valence-electron chi connectivity index (χ0n) is 18.6. The molecule has 0 spiro atoms. The van der Waals surface area contributed by atoms with E-state index in [2.05, 4.69) is 4.74 Å². The lowest BCUT2D eigenvalue weighted by Gasteiger charge is -2.30. The third kappa shape index (κ3) is 5.34. The van der Waals surface area contributed by atoms with Gasteiger partial charge in [-0.05, 0) is 31.0 Å². The molecular formula is C22H24N2O9S. The second-order valence-electron chi connectivity index (χ2n) is 7.53. The van der Waals surface area contributed by atoms with Crippen molar-refractivity contribution >= 4 is 27.6 Å². The predicted molar refractivity (Wildman–Crippen MR) is 119 cm³/mol. The van der Waals surface area contributed by atoms with Crippen LogP contribution in [0.1, 0.15) is 28.8 Å². The first-order chi connectivity index (χ1) is 16.2. The number of hydrogen-bond acceptors (Lipinski definition) is 9. The molecule has 12 heteroatoms. The van der Waals surface area contributed by atoms with Gasteiger partial charge in [0.25, 0.3) is 5.69 Å². The second-order valence-corrected chi connectivity index (χ2v) is 9.43. The number of hydrogen-bond donors (Lipinski definition) is 0. The fourth-order valence-electron chi connectivity index (χ4n) is 3.70. The normalized spacial score (nSPS) is 14.9. The first-order valence-corrected chi connectivity index (χ1v) is 11.8. The Kier molecular flexibility index (Phi) is 7.84. The molecule has 0 N–H and O–H groups in total. The molecule has 0 atom stereocenters. The number of carbonyl (C=O) groups is 2. The number of esters is 2. The van der Waals surface area contributed by atoms with Crippen LogP contribution in [0.25, 0.3) is 0 Å². The van der Waals surface area contributed by atoms with Crippen molar-refractivity contribution in [2.24, 2.45) is 5.92 Å². The van der Waals surface area contributed by atoms with E-state index >= 15 is 0 Å². The summed E-state index contributed by atoms with van der Waals surface area (Å²) in [6.07, 6.45) is 0.453. The number of methoxy groups -OCH3 is 2. The van der Waals surface area contributed by atoms with Crippen LogP contribution in [0.3, 0.4) is 0 Å². The average molecular weight is 493 g/mol. The van der Waals surface area contributed by atoms with Crippen molar-refractivity contribution in [3.63, 3.8) is 0 Å². The molecule has 0 aromatic heterocycles. The van der Waals surface area contributed by atoms with E-state index in [1.807, 2.05) is 0 Å². The van der Waals surface area contributed by atoms with Crippen LogP contribution in [0.15, 0.2) is 47.4 Å². The molecule has 182 valence electrons. The molecule has 2 aromatic carbocycles. The third-order valence-corrected chi connectivity index (χ3v) is 7.50. The predicted octanol–water partition coefficient (Wildman–Crippen LogP) is 2.53. The van der Waals surface area contributed by atoms with E-state index in [9.17, 15) is 28.1 Å². The number of sulfonamides is 1. The zero-order valence-corrected chi connectivity index (χ0v) is 19.4. The molecule has 0 radical (unpaired) electrons. The molecule has 0 bridgehead atoms. The number of piperidine rings is 1. The van der Waals surface area contributed by atoms with Gasteiger partial charge in [0, 0.05) is 30.8 Å². The van der Waals surface area contributed by atoms with Crippen LogP contribution in [-0.4, -0.2) is 56.9 Å². The van der Waals surface area contributed by atoms with E-state index in [1.165, 1.54) is 54.9 Å². The summed E-state index contributed by atoms with van der Waals surface area (Å²) in [4.78, 5) is 34.9. The van der Waals surface area contributed by atoms with E-state index in [4.69, 9.17) is 9.47 Å². The summed E-state index contributed by atoms with van der Waals surface area (Å²) in [6.45, 7) is -0.0792. The maximum absolute atomic E-state index is 13.1. The minimum Gasteiger partial charge on any atom is -0.496 e. The number of rotatable bonds is 8. The number of nitro groups is 1. The van der Waals surface area contributed by atoms with E-state index < -0.39 is 32.8 Å². The average Bonchev–Trinajstić information content (AvgIpc) is 2.86. The van der Waals surface area contributed by atoms with E-state index in [1.54, 1.807) is 6.07 Å². The second kappa shape index (κ2) is 10.6. The Bertz CT molecular complexity index is 1190. The molecule has 1 heterocycles. The maximum Gasteiger partial charge on any atom is 0.339 e. The molecule has 0 saturated carbocycles. The van der Waals surface area contributed by atoms with Crippen molar-refractivity contribution in [2.75, 3.05) is 27.3 Å². The van der Waals surface area contributed by atoms with Gasteiger partial charge in [0.05, 0.1) is 35.5 Å². The number of carbonyl (C=O) groups excluding carboxylic acids is 2.